The lowest BCUT2D eigenvalue weighted by Gasteiger charge is -2.18. The van der Waals surface area contributed by atoms with E-state index in [2.05, 4.69) is 21.2 Å². The Morgan fingerprint density at radius 3 is 2.86 bits per heavy atom. The van der Waals surface area contributed by atoms with Gasteiger partial charge in [0.15, 0.2) is 11.5 Å². The Bertz CT molecular complexity index is 545. The van der Waals surface area contributed by atoms with Crippen LogP contribution >= 0.6 is 15.9 Å². The van der Waals surface area contributed by atoms with Crippen molar-refractivity contribution in [3.05, 3.63) is 22.2 Å². The summed E-state index contributed by atoms with van der Waals surface area (Å²) in [5.41, 5.74) is 0.680. The van der Waals surface area contributed by atoms with Crippen LogP contribution in [0.4, 0.5) is 0 Å². The van der Waals surface area contributed by atoms with Gasteiger partial charge in [0.1, 0.15) is 6.04 Å². The van der Waals surface area contributed by atoms with Crippen molar-refractivity contribution < 1.29 is 19.4 Å². The van der Waals surface area contributed by atoms with Crippen molar-refractivity contribution in [1.82, 2.24) is 5.32 Å². The fourth-order valence-electron chi connectivity index (χ4n) is 2.37. The molecular formula is C15H18BrNO4. The van der Waals surface area contributed by atoms with E-state index in [0.717, 1.165) is 17.4 Å². The van der Waals surface area contributed by atoms with Crippen LogP contribution in [0.1, 0.15) is 30.9 Å². The van der Waals surface area contributed by atoms with Crippen molar-refractivity contribution in [2.45, 2.75) is 25.3 Å². The van der Waals surface area contributed by atoms with Gasteiger partial charge in [-0.15, -0.1) is 0 Å². The van der Waals surface area contributed by atoms with Gasteiger partial charge in [0.05, 0.1) is 17.7 Å². The lowest BCUT2D eigenvalue weighted by Crippen LogP contribution is -2.30. The fourth-order valence-corrected chi connectivity index (χ4v) is 2.95. The van der Waals surface area contributed by atoms with Crippen molar-refractivity contribution >= 4 is 21.9 Å². The van der Waals surface area contributed by atoms with E-state index in [4.69, 9.17) is 9.47 Å². The highest BCUT2D eigenvalue weighted by Crippen LogP contribution is 2.39. The van der Waals surface area contributed by atoms with Gasteiger partial charge < -0.3 is 19.9 Å². The quantitative estimate of drug-likeness (QED) is 0.849. The smallest absolute Gasteiger partial charge is 0.325 e. The predicted octanol–water partition coefficient (Wildman–Crippen LogP) is 2.74. The molecule has 5 nitrogen and oxygen atoms in total. The SMILES string of the molecule is O=C(O)C(NCC1CC1)c1cc(Br)c2c(c1)OCCCO2. The molecule has 6 heteroatoms. The molecule has 1 aromatic carbocycles. The maximum atomic E-state index is 11.5. The number of ether oxygens (including phenoxy) is 2. The third kappa shape index (κ3) is 3.49. The van der Waals surface area contributed by atoms with Crippen molar-refractivity contribution in [3.63, 3.8) is 0 Å². The number of nitrogens with one attached hydrogen (secondary N) is 1. The molecule has 2 N–H and O–H groups in total. The number of aliphatic carboxylic acids is 1. The first-order valence-electron chi connectivity index (χ1n) is 7.20. The van der Waals surface area contributed by atoms with Crippen LogP contribution in [0.3, 0.4) is 0 Å². The Morgan fingerprint density at radius 2 is 2.14 bits per heavy atom. The molecule has 0 saturated heterocycles. The third-order valence-electron chi connectivity index (χ3n) is 3.71. The molecule has 1 aliphatic carbocycles. The van der Waals surface area contributed by atoms with E-state index in [-0.39, 0.29) is 0 Å². The second kappa shape index (κ2) is 6.23. The van der Waals surface area contributed by atoms with E-state index in [1.807, 2.05) is 0 Å². The topological polar surface area (TPSA) is 67.8 Å². The second-order valence-corrected chi connectivity index (χ2v) is 6.36. The molecular weight excluding hydrogens is 338 g/mol. The molecule has 3 rings (SSSR count). The maximum Gasteiger partial charge on any atom is 0.325 e. The Morgan fingerprint density at radius 1 is 1.38 bits per heavy atom. The molecule has 2 aliphatic rings. The number of carboxylic acids is 1. The van der Waals surface area contributed by atoms with Gasteiger partial charge in [-0.3, -0.25) is 4.79 Å². The van der Waals surface area contributed by atoms with Gasteiger partial charge in [0, 0.05) is 6.42 Å². The monoisotopic (exact) mass is 355 g/mol. The normalized spacial score (nSPS) is 18.9. The molecule has 0 amide bonds. The maximum absolute atomic E-state index is 11.5. The van der Waals surface area contributed by atoms with Crippen molar-refractivity contribution in [1.29, 1.82) is 0 Å². The van der Waals surface area contributed by atoms with Crippen LogP contribution in [0.5, 0.6) is 11.5 Å². The van der Waals surface area contributed by atoms with Crippen molar-refractivity contribution in [2.24, 2.45) is 5.92 Å². The number of rotatable bonds is 5. The zero-order valence-corrected chi connectivity index (χ0v) is 13.2. The van der Waals surface area contributed by atoms with Crippen LogP contribution in [0.25, 0.3) is 0 Å². The predicted molar refractivity (Wildman–Crippen MR) is 80.9 cm³/mol. The Labute approximate surface area is 131 Å². The largest absolute Gasteiger partial charge is 0.490 e. The molecule has 1 fully saturated rings. The van der Waals surface area contributed by atoms with Gasteiger partial charge in [0.2, 0.25) is 0 Å². The first kappa shape index (κ1) is 14.7. The molecule has 1 atom stereocenters. The molecule has 0 spiro atoms. The standard InChI is InChI=1S/C15H18BrNO4/c16-11-6-10(7-12-14(11)21-5-1-4-20-12)13(15(18)19)17-8-9-2-3-9/h6-7,9,13,17H,1-5,8H2,(H,18,19). The Kier molecular flexibility index (Phi) is 4.35. The number of benzene rings is 1. The molecule has 1 heterocycles. The van der Waals surface area contributed by atoms with Gasteiger partial charge in [-0.25, -0.2) is 0 Å². The zero-order valence-electron chi connectivity index (χ0n) is 11.6. The molecule has 1 aromatic rings. The third-order valence-corrected chi connectivity index (χ3v) is 4.30. The number of hydrogen-bond donors (Lipinski definition) is 2. The van der Waals surface area contributed by atoms with Gasteiger partial charge in [-0.2, -0.15) is 0 Å². The minimum Gasteiger partial charge on any atom is -0.490 e. The fraction of sp³-hybridized carbons (Fsp3) is 0.533. The summed E-state index contributed by atoms with van der Waals surface area (Å²) in [7, 11) is 0. The lowest BCUT2D eigenvalue weighted by molar-refractivity contribution is -0.139. The molecule has 1 saturated carbocycles. The number of halogens is 1. The van der Waals surface area contributed by atoms with Gasteiger partial charge in [-0.1, -0.05) is 0 Å². The van der Waals surface area contributed by atoms with Gasteiger partial charge >= 0.3 is 5.97 Å². The van der Waals surface area contributed by atoms with E-state index in [1.165, 1.54) is 12.8 Å². The molecule has 1 unspecified atom stereocenters. The molecule has 0 bridgehead atoms. The van der Waals surface area contributed by atoms with Crippen molar-refractivity contribution in [2.75, 3.05) is 19.8 Å². The Hall–Kier alpha value is -1.27. The number of hydrogen-bond acceptors (Lipinski definition) is 4. The minimum atomic E-state index is -0.878. The summed E-state index contributed by atoms with van der Waals surface area (Å²) in [5, 5.41) is 12.6. The molecule has 0 aromatic heterocycles. The van der Waals surface area contributed by atoms with E-state index in [0.29, 0.717) is 36.2 Å². The van der Waals surface area contributed by atoms with Crippen LogP contribution in [0, 0.1) is 5.92 Å². The zero-order chi connectivity index (χ0) is 14.8. The minimum absolute atomic E-state index is 0.579. The highest BCUT2D eigenvalue weighted by Gasteiger charge is 2.27. The summed E-state index contributed by atoms with van der Waals surface area (Å²) in [6.07, 6.45) is 3.19. The molecule has 0 radical (unpaired) electrons. The Balaban J connectivity index is 1.86. The highest BCUT2D eigenvalue weighted by molar-refractivity contribution is 9.10. The molecule has 21 heavy (non-hydrogen) atoms. The van der Waals surface area contributed by atoms with E-state index >= 15 is 0 Å². The van der Waals surface area contributed by atoms with E-state index < -0.39 is 12.0 Å². The van der Waals surface area contributed by atoms with E-state index in [1.54, 1.807) is 12.1 Å². The first-order chi connectivity index (χ1) is 10.1. The first-order valence-corrected chi connectivity index (χ1v) is 7.99. The second-order valence-electron chi connectivity index (χ2n) is 5.50. The lowest BCUT2D eigenvalue weighted by atomic mass is 10.1. The van der Waals surface area contributed by atoms with Crippen LogP contribution in [-0.2, 0) is 4.79 Å². The number of fused-ring (bicyclic) bond motifs is 1. The van der Waals surface area contributed by atoms with E-state index in [9.17, 15) is 9.90 Å². The molecule has 114 valence electrons. The van der Waals surface area contributed by atoms with Gasteiger partial charge in [-0.05, 0) is 58.9 Å². The van der Waals surface area contributed by atoms with Crippen LogP contribution in [-0.4, -0.2) is 30.8 Å². The summed E-state index contributed by atoms with van der Waals surface area (Å²) in [5.74, 6) is 1.01. The number of carbonyl (C=O) groups is 1. The van der Waals surface area contributed by atoms with Crippen LogP contribution in [0.2, 0.25) is 0 Å². The summed E-state index contributed by atoms with van der Waals surface area (Å²) >= 11 is 3.45. The highest BCUT2D eigenvalue weighted by atomic mass is 79.9. The summed E-state index contributed by atoms with van der Waals surface area (Å²) in [6, 6.07) is 2.84. The summed E-state index contributed by atoms with van der Waals surface area (Å²) in [6.45, 7) is 1.92. The number of carboxylic acid groups (broad SMARTS) is 1. The average Bonchev–Trinajstić information content (AvgIpc) is 3.24. The molecule has 1 aliphatic heterocycles. The summed E-state index contributed by atoms with van der Waals surface area (Å²) in [4.78, 5) is 11.5. The van der Waals surface area contributed by atoms with Gasteiger partial charge in [0.25, 0.3) is 0 Å². The van der Waals surface area contributed by atoms with Crippen LogP contribution < -0.4 is 14.8 Å². The summed E-state index contributed by atoms with van der Waals surface area (Å²) < 4.78 is 12.0. The van der Waals surface area contributed by atoms with Crippen molar-refractivity contribution in [3.8, 4) is 11.5 Å². The average molecular weight is 356 g/mol. The van der Waals surface area contributed by atoms with Crippen LogP contribution in [0.15, 0.2) is 16.6 Å².